The topological polar surface area (TPSA) is 25.8 Å². The summed E-state index contributed by atoms with van der Waals surface area (Å²) < 4.78 is 4.60. The Hall–Kier alpha value is -0.150. The molecule has 10 heavy (non-hydrogen) atoms. The summed E-state index contributed by atoms with van der Waals surface area (Å²) in [5, 5.41) is 0. The number of hydrogen-bond donors (Lipinski definition) is 0. The molecule has 0 atom stereocenters. The molecule has 0 unspecified atom stereocenters. The van der Waals surface area contributed by atoms with Crippen molar-refractivity contribution >= 4 is 23.1 Å². The molecule has 0 fully saturated rings. The average molecular weight is 177 g/mol. The molecule has 4 heteroatoms. The molecule has 1 aromatic heterocycles. The molecule has 2 nitrogen and oxygen atoms in total. The van der Waals surface area contributed by atoms with Crippen LogP contribution in [0.4, 0.5) is 0 Å². The van der Waals surface area contributed by atoms with Gasteiger partial charge in [-0.1, -0.05) is 20.8 Å². The molecule has 0 aliphatic carbocycles. The summed E-state index contributed by atoms with van der Waals surface area (Å²) in [4.78, 5) is 4.05. The predicted molar refractivity (Wildman–Crippen MR) is 43.6 cm³/mol. The third-order valence-electron chi connectivity index (χ3n) is 1.07. The van der Waals surface area contributed by atoms with Crippen molar-refractivity contribution in [2.75, 3.05) is 0 Å². The highest BCUT2D eigenvalue weighted by molar-refractivity contribution is 7.10. The fraction of sp³-hybridized carbons (Fsp3) is 0.667. The van der Waals surface area contributed by atoms with E-state index in [9.17, 15) is 0 Å². The molecule has 1 heterocycles. The molecular formula is C6H9ClN2S. The van der Waals surface area contributed by atoms with Gasteiger partial charge in [0.15, 0.2) is 0 Å². The van der Waals surface area contributed by atoms with Gasteiger partial charge in [-0.15, -0.1) is 0 Å². The maximum atomic E-state index is 5.61. The molecule has 0 amide bonds. The Morgan fingerprint density at radius 3 is 2.20 bits per heavy atom. The Kier molecular flexibility index (Phi) is 1.97. The first kappa shape index (κ1) is 7.95. The second-order valence-corrected chi connectivity index (χ2v) is 4.45. The summed E-state index contributed by atoms with van der Waals surface area (Å²) in [6, 6.07) is 0. The van der Waals surface area contributed by atoms with Gasteiger partial charge in [0.05, 0.1) is 0 Å². The van der Waals surface area contributed by atoms with Gasteiger partial charge in [-0.2, -0.15) is 4.37 Å². The number of rotatable bonds is 0. The summed E-state index contributed by atoms with van der Waals surface area (Å²) in [5.74, 6) is 0.822. The molecule has 0 saturated heterocycles. The van der Waals surface area contributed by atoms with Crippen LogP contribution in [0.2, 0.25) is 4.47 Å². The van der Waals surface area contributed by atoms with Gasteiger partial charge in [-0.25, -0.2) is 4.98 Å². The predicted octanol–water partition coefficient (Wildman–Crippen LogP) is 2.49. The first-order valence-electron chi connectivity index (χ1n) is 3.00. The zero-order valence-corrected chi connectivity index (χ0v) is 7.75. The zero-order valence-electron chi connectivity index (χ0n) is 6.18. The van der Waals surface area contributed by atoms with E-state index in [1.807, 2.05) is 0 Å². The molecule has 0 radical (unpaired) electrons. The first-order valence-corrected chi connectivity index (χ1v) is 4.15. The molecule has 0 bridgehead atoms. The van der Waals surface area contributed by atoms with Crippen LogP contribution in [-0.2, 0) is 5.41 Å². The lowest BCUT2D eigenvalue weighted by Gasteiger charge is -2.11. The zero-order chi connectivity index (χ0) is 7.78. The van der Waals surface area contributed by atoms with Crippen molar-refractivity contribution in [1.29, 1.82) is 0 Å². The summed E-state index contributed by atoms with van der Waals surface area (Å²) in [5.41, 5.74) is 0.0175. The highest BCUT2D eigenvalue weighted by atomic mass is 35.5. The van der Waals surface area contributed by atoms with Crippen molar-refractivity contribution in [2.24, 2.45) is 0 Å². The van der Waals surface area contributed by atoms with Gasteiger partial charge in [0.25, 0.3) is 0 Å². The SMILES string of the molecule is CC(C)(C)c1nsc(Cl)n1. The van der Waals surface area contributed by atoms with Crippen molar-refractivity contribution < 1.29 is 0 Å². The Bertz CT molecular complexity index is 226. The van der Waals surface area contributed by atoms with Crippen LogP contribution in [0.5, 0.6) is 0 Å². The van der Waals surface area contributed by atoms with Crippen LogP contribution in [0.1, 0.15) is 26.6 Å². The second kappa shape index (κ2) is 2.47. The molecule has 0 saturated carbocycles. The molecule has 0 N–H and O–H groups in total. The van der Waals surface area contributed by atoms with E-state index in [-0.39, 0.29) is 5.41 Å². The fourth-order valence-electron chi connectivity index (χ4n) is 0.510. The van der Waals surface area contributed by atoms with Gasteiger partial charge in [0.2, 0.25) is 4.47 Å². The van der Waals surface area contributed by atoms with Gasteiger partial charge in [0, 0.05) is 5.41 Å². The van der Waals surface area contributed by atoms with E-state index in [1.165, 1.54) is 11.5 Å². The summed E-state index contributed by atoms with van der Waals surface area (Å²) in [6.45, 7) is 6.18. The smallest absolute Gasteiger partial charge is 0.203 e. The van der Waals surface area contributed by atoms with E-state index in [0.29, 0.717) is 4.47 Å². The van der Waals surface area contributed by atoms with Crippen molar-refractivity contribution in [2.45, 2.75) is 26.2 Å². The molecule has 1 rings (SSSR count). The van der Waals surface area contributed by atoms with E-state index in [2.05, 4.69) is 30.1 Å². The van der Waals surface area contributed by atoms with Crippen molar-refractivity contribution in [3.63, 3.8) is 0 Å². The molecule has 0 aliphatic rings. The lowest BCUT2D eigenvalue weighted by molar-refractivity contribution is 0.555. The second-order valence-electron chi connectivity index (χ2n) is 3.12. The highest BCUT2D eigenvalue weighted by Gasteiger charge is 2.18. The molecule has 0 aromatic carbocycles. The van der Waals surface area contributed by atoms with E-state index in [1.54, 1.807) is 0 Å². The minimum absolute atomic E-state index is 0.0175. The number of nitrogens with zero attached hydrogens (tertiary/aromatic N) is 2. The van der Waals surface area contributed by atoms with Gasteiger partial charge >= 0.3 is 0 Å². The number of halogens is 1. The lowest BCUT2D eigenvalue weighted by Crippen LogP contribution is -2.12. The molecular weight excluding hydrogens is 168 g/mol. The van der Waals surface area contributed by atoms with Crippen LogP contribution in [-0.4, -0.2) is 9.36 Å². The Labute approximate surface area is 69.4 Å². The molecule has 56 valence electrons. The third kappa shape index (κ3) is 1.67. The summed E-state index contributed by atoms with van der Waals surface area (Å²) in [6.07, 6.45) is 0. The van der Waals surface area contributed by atoms with E-state index >= 15 is 0 Å². The van der Waals surface area contributed by atoms with Gasteiger partial charge in [0.1, 0.15) is 5.82 Å². The van der Waals surface area contributed by atoms with E-state index in [0.717, 1.165) is 5.82 Å². The highest BCUT2D eigenvalue weighted by Crippen LogP contribution is 2.22. The van der Waals surface area contributed by atoms with Crippen LogP contribution < -0.4 is 0 Å². The van der Waals surface area contributed by atoms with Crippen LogP contribution >= 0.6 is 23.1 Å². The van der Waals surface area contributed by atoms with Gasteiger partial charge in [-0.3, -0.25) is 0 Å². The summed E-state index contributed by atoms with van der Waals surface area (Å²) in [7, 11) is 0. The minimum Gasteiger partial charge on any atom is -0.208 e. The number of aromatic nitrogens is 2. The Morgan fingerprint density at radius 2 is 2.00 bits per heavy atom. The molecule has 1 aromatic rings. The first-order chi connectivity index (χ1) is 4.50. The molecule has 0 spiro atoms. The van der Waals surface area contributed by atoms with Crippen molar-refractivity contribution in [3.05, 3.63) is 10.3 Å². The lowest BCUT2D eigenvalue weighted by atomic mass is 9.96. The largest absolute Gasteiger partial charge is 0.208 e. The fourth-order valence-corrected chi connectivity index (χ4v) is 1.30. The average Bonchev–Trinajstić information content (AvgIpc) is 2.11. The minimum atomic E-state index is 0.0175. The van der Waals surface area contributed by atoms with Crippen LogP contribution in [0, 0.1) is 0 Å². The van der Waals surface area contributed by atoms with E-state index < -0.39 is 0 Å². The number of hydrogen-bond acceptors (Lipinski definition) is 3. The summed E-state index contributed by atoms with van der Waals surface area (Å²) >= 11 is 6.85. The van der Waals surface area contributed by atoms with Crippen molar-refractivity contribution in [3.8, 4) is 0 Å². The monoisotopic (exact) mass is 176 g/mol. The van der Waals surface area contributed by atoms with Gasteiger partial charge in [-0.05, 0) is 23.1 Å². The van der Waals surface area contributed by atoms with Crippen LogP contribution in [0.15, 0.2) is 0 Å². The normalized spacial score (nSPS) is 12.0. The third-order valence-corrected chi connectivity index (χ3v) is 1.87. The van der Waals surface area contributed by atoms with Crippen LogP contribution in [0.25, 0.3) is 0 Å². The quantitative estimate of drug-likeness (QED) is 0.607. The maximum Gasteiger partial charge on any atom is 0.203 e. The Balaban J connectivity index is 2.96. The molecule has 0 aliphatic heterocycles. The van der Waals surface area contributed by atoms with Crippen LogP contribution in [0.3, 0.4) is 0 Å². The Morgan fingerprint density at radius 1 is 1.40 bits per heavy atom. The van der Waals surface area contributed by atoms with Gasteiger partial charge < -0.3 is 0 Å². The van der Waals surface area contributed by atoms with E-state index in [4.69, 9.17) is 11.6 Å². The maximum absolute atomic E-state index is 5.61. The standard InChI is InChI=1S/C6H9ClN2S/c1-6(2,3)4-8-5(7)10-9-4/h1-3H3. The van der Waals surface area contributed by atoms with Crippen molar-refractivity contribution in [1.82, 2.24) is 9.36 Å².